The van der Waals surface area contributed by atoms with Crippen LogP contribution in [-0.2, 0) is 11.2 Å². The first-order valence-corrected chi connectivity index (χ1v) is 5.93. The third-order valence-electron chi connectivity index (χ3n) is 3.28. The summed E-state index contributed by atoms with van der Waals surface area (Å²) >= 11 is 0. The smallest absolute Gasteiger partial charge is 0.312 e. The number of aryl methyl sites for hydroxylation is 1. The Morgan fingerprint density at radius 3 is 2.76 bits per heavy atom. The Morgan fingerprint density at radius 1 is 1.53 bits per heavy atom. The molecule has 1 N–H and O–H groups in total. The molecule has 0 spiro atoms. The van der Waals surface area contributed by atoms with Crippen LogP contribution in [0, 0.1) is 6.92 Å². The van der Waals surface area contributed by atoms with E-state index in [1.807, 2.05) is 6.92 Å². The van der Waals surface area contributed by atoms with Gasteiger partial charge < -0.3 is 14.4 Å². The van der Waals surface area contributed by atoms with Gasteiger partial charge in [0.15, 0.2) is 0 Å². The van der Waals surface area contributed by atoms with Gasteiger partial charge in [-0.15, -0.1) is 0 Å². The third kappa shape index (κ3) is 2.85. The van der Waals surface area contributed by atoms with Crippen LogP contribution in [0.1, 0.15) is 36.1 Å². The number of oxazole rings is 1. The number of aliphatic carboxylic acids is 1. The molecule has 1 aromatic heterocycles. The lowest BCUT2D eigenvalue weighted by Gasteiger charge is -2.27. The molecule has 0 atom stereocenters. The summed E-state index contributed by atoms with van der Waals surface area (Å²) in [5.74, 6) is 0.610. The highest BCUT2D eigenvalue weighted by Gasteiger charge is 2.24. The second-order valence-corrected chi connectivity index (χ2v) is 4.70. The van der Waals surface area contributed by atoms with Gasteiger partial charge in [-0.1, -0.05) is 0 Å². The molecule has 17 heavy (non-hydrogen) atoms. The summed E-state index contributed by atoms with van der Waals surface area (Å²) in [6.45, 7) is 3.99. The van der Waals surface area contributed by atoms with Gasteiger partial charge >= 0.3 is 5.97 Å². The second-order valence-electron chi connectivity index (χ2n) is 4.70. The van der Waals surface area contributed by atoms with Crippen LogP contribution in [0.25, 0.3) is 0 Å². The number of carbonyl (C=O) groups is 1. The van der Waals surface area contributed by atoms with Crippen molar-refractivity contribution >= 4 is 5.97 Å². The van der Waals surface area contributed by atoms with Gasteiger partial charge in [0, 0.05) is 5.92 Å². The lowest BCUT2D eigenvalue weighted by molar-refractivity contribution is -0.136. The molecule has 2 heterocycles. The van der Waals surface area contributed by atoms with E-state index in [1.54, 1.807) is 0 Å². The maximum atomic E-state index is 10.6. The number of likely N-dealkylation sites (tertiary alicyclic amines) is 1. The molecule has 0 amide bonds. The Labute approximate surface area is 100 Å². The average Bonchev–Trinajstić information content (AvgIpc) is 2.59. The topological polar surface area (TPSA) is 66.6 Å². The van der Waals surface area contributed by atoms with E-state index in [-0.39, 0.29) is 6.42 Å². The zero-order valence-electron chi connectivity index (χ0n) is 10.3. The molecule has 0 saturated carbocycles. The van der Waals surface area contributed by atoms with Crippen molar-refractivity contribution in [2.45, 2.75) is 32.1 Å². The Bertz CT molecular complexity index is 406. The van der Waals surface area contributed by atoms with E-state index in [0.717, 1.165) is 37.4 Å². The first-order valence-electron chi connectivity index (χ1n) is 5.93. The van der Waals surface area contributed by atoms with Crippen molar-refractivity contribution < 1.29 is 14.3 Å². The predicted molar refractivity (Wildman–Crippen MR) is 62.1 cm³/mol. The molecule has 0 unspecified atom stereocenters. The van der Waals surface area contributed by atoms with E-state index in [2.05, 4.69) is 16.9 Å². The molecular weight excluding hydrogens is 220 g/mol. The molecule has 1 saturated heterocycles. The summed E-state index contributed by atoms with van der Waals surface area (Å²) in [4.78, 5) is 17.2. The summed E-state index contributed by atoms with van der Waals surface area (Å²) in [5.41, 5.74) is 0.953. The van der Waals surface area contributed by atoms with Gasteiger partial charge in [0.25, 0.3) is 0 Å². The number of carboxylic acids is 1. The maximum Gasteiger partial charge on any atom is 0.312 e. The normalized spacial score (nSPS) is 18.5. The molecule has 1 fully saturated rings. The summed E-state index contributed by atoms with van der Waals surface area (Å²) in [5, 5.41) is 8.71. The third-order valence-corrected chi connectivity index (χ3v) is 3.28. The van der Waals surface area contributed by atoms with Crippen LogP contribution >= 0.6 is 0 Å². The lowest BCUT2D eigenvalue weighted by atomic mass is 9.93. The molecule has 94 valence electrons. The highest BCUT2D eigenvalue weighted by atomic mass is 16.4. The monoisotopic (exact) mass is 238 g/mol. The molecule has 0 radical (unpaired) electrons. The zero-order valence-corrected chi connectivity index (χ0v) is 10.3. The largest absolute Gasteiger partial charge is 0.481 e. The molecule has 1 aliphatic heterocycles. The molecule has 0 bridgehead atoms. The van der Waals surface area contributed by atoms with Crippen LogP contribution in [0.3, 0.4) is 0 Å². The van der Waals surface area contributed by atoms with Crippen LogP contribution in [0.2, 0.25) is 0 Å². The lowest BCUT2D eigenvalue weighted by Crippen LogP contribution is -2.29. The molecule has 1 aliphatic rings. The summed E-state index contributed by atoms with van der Waals surface area (Å²) in [6.07, 6.45) is 2.00. The van der Waals surface area contributed by atoms with Crippen LogP contribution in [0.15, 0.2) is 4.42 Å². The fourth-order valence-corrected chi connectivity index (χ4v) is 2.33. The summed E-state index contributed by atoms with van der Waals surface area (Å²) in [7, 11) is 2.11. The van der Waals surface area contributed by atoms with Crippen molar-refractivity contribution in [3.63, 3.8) is 0 Å². The SMILES string of the molecule is Cc1oc(CC(=O)O)nc1C1CCN(C)CC1. The van der Waals surface area contributed by atoms with Crippen LogP contribution < -0.4 is 0 Å². The number of piperidine rings is 1. The van der Waals surface area contributed by atoms with Gasteiger partial charge in [0.05, 0.1) is 5.69 Å². The summed E-state index contributed by atoms with van der Waals surface area (Å²) in [6, 6.07) is 0. The Hall–Kier alpha value is -1.36. The van der Waals surface area contributed by atoms with Crippen molar-refractivity contribution in [1.82, 2.24) is 9.88 Å². The number of carboxylic acid groups (broad SMARTS) is 1. The van der Waals surface area contributed by atoms with E-state index in [4.69, 9.17) is 9.52 Å². The molecule has 5 heteroatoms. The van der Waals surface area contributed by atoms with Gasteiger partial charge in [-0.2, -0.15) is 0 Å². The molecule has 0 aliphatic carbocycles. The van der Waals surface area contributed by atoms with E-state index < -0.39 is 5.97 Å². The van der Waals surface area contributed by atoms with Gasteiger partial charge in [0.2, 0.25) is 5.89 Å². The Balaban J connectivity index is 2.10. The van der Waals surface area contributed by atoms with Gasteiger partial charge in [0.1, 0.15) is 12.2 Å². The minimum atomic E-state index is -0.902. The number of nitrogens with zero attached hydrogens (tertiary/aromatic N) is 2. The highest BCUT2D eigenvalue weighted by Crippen LogP contribution is 2.29. The standard InChI is InChI=1S/C12H18N2O3/c1-8-12(9-3-5-14(2)6-4-9)13-10(17-8)7-11(15)16/h9H,3-7H2,1-2H3,(H,15,16). The molecule has 0 aromatic carbocycles. The number of hydrogen-bond acceptors (Lipinski definition) is 4. The van der Waals surface area contributed by atoms with Crippen molar-refractivity contribution in [3.05, 3.63) is 17.3 Å². The van der Waals surface area contributed by atoms with Crippen LogP contribution in [0.5, 0.6) is 0 Å². The number of rotatable bonds is 3. The van der Waals surface area contributed by atoms with Gasteiger partial charge in [-0.3, -0.25) is 4.79 Å². The van der Waals surface area contributed by atoms with E-state index >= 15 is 0 Å². The zero-order chi connectivity index (χ0) is 12.4. The van der Waals surface area contributed by atoms with Crippen LogP contribution in [0.4, 0.5) is 0 Å². The van der Waals surface area contributed by atoms with Crippen molar-refractivity contribution in [2.75, 3.05) is 20.1 Å². The van der Waals surface area contributed by atoms with E-state index in [0.29, 0.717) is 11.8 Å². The van der Waals surface area contributed by atoms with Crippen molar-refractivity contribution in [2.24, 2.45) is 0 Å². The van der Waals surface area contributed by atoms with Gasteiger partial charge in [-0.25, -0.2) is 4.98 Å². The molecule has 5 nitrogen and oxygen atoms in total. The fourth-order valence-electron chi connectivity index (χ4n) is 2.33. The van der Waals surface area contributed by atoms with Gasteiger partial charge in [-0.05, 0) is 39.9 Å². The van der Waals surface area contributed by atoms with E-state index in [9.17, 15) is 4.79 Å². The highest BCUT2D eigenvalue weighted by molar-refractivity contribution is 5.68. The van der Waals surface area contributed by atoms with Crippen molar-refractivity contribution in [3.8, 4) is 0 Å². The quantitative estimate of drug-likeness (QED) is 0.862. The molecule has 2 rings (SSSR count). The first-order chi connectivity index (χ1) is 8.06. The number of aromatic nitrogens is 1. The predicted octanol–water partition coefficient (Wildman–Crippen LogP) is 1.42. The van der Waals surface area contributed by atoms with E-state index in [1.165, 1.54) is 0 Å². The fraction of sp³-hybridized carbons (Fsp3) is 0.667. The molecule has 1 aromatic rings. The van der Waals surface area contributed by atoms with Crippen LogP contribution in [-0.4, -0.2) is 41.1 Å². The Morgan fingerprint density at radius 2 is 2.18 bits per heavy atom. The first kappa shape index (κ1) is 12.1. The minimum absolute atomic E-state index is 0.131. The summed E-state index contributed by atoms with van der Waals surface area (Å²) < 4.78 is 5.40. The Kier molecular flexibility index (Phi) is 3.47. The second kappa shape index (κ2) is 4.87. The minimum Gasteiger partial charge on any atom is -0.481 e. The van der Waals surface area contributed by atoms with Crippen molar-refractivity contribution in [1.29, 1.82) is 0 Å². The maximum absolute atomic E-state index is 10.6. The molecular formula is C12H18N2O3. The number of hydrogen-bond donors (Lipinski definition) is 1. The average molecular weight is 238 g/mol.